The van der Waals surface area contributed by atoms with E-state index in [1.165, 1.54) is 10.4 Å². The van der Waals surface area contributed by atoms with Crippen LogP contribution in [-0.2, 0) is 16.6 Å². The fourth-order valence-electron chi connectivity index (χ4n) is 5.00. The van der Waals surface area contributed by atoms with E-state index in [4.69, 9.17) is 0 Å². The van der Waals surface area contributed by atoms with Crippen LogP contribution in [0.1, 0.15) is 49.8 Å². The number of benzene rings is 1. The van der Waals surface area contributed by atoms with Gasteiger partial charge in [0.05, 0.1) is 11.9 Å². The third kappa shape index (κ3) is 4.86. The van der Waals surface area contributed by atoms with Gasteiger partial charge >= 0.3 is 0 Å². The Labute approximate surface area is 201 Å². The van der Waals surface area contributed by atoms with Crippen molar-refractivity contribution in [2.45, 2.75) is 56.4 Å². The van der Waals surface area contributed by atoms with E-state index < -0.39 is 15.3 Å². The van der Waals surface area contributed by atoms with Crippen LogP contribution in [-0.4, -0.2) is 52.5 Å². The quantitative estimate of drug-likeness (QED) is 0.591. The summed E-state index contributed by atoms with van der Waals surface area (Å²) in [5.74, 6) is -0.0281. The molecule has 34 heavy (non-hydrogen) atoms. The van der Waals surface area contributed by atoms with Crippen LogP contribution >= 0.6 is 0 Å². The maximum absolute atomic E-state index is 15.2. The van der Waals surface area contributed by atoms with Crippen molar-refractivity contribution < 1.29 is 12.8 Å². The summed E-state index contributed by atoms with van der Waals surface area (Å²) in [6.45, 7) is 10.9. The van der Waals surface area contributed by atoms with E-state index in [0.29, 0.717) is 29.9 Å². The van der Waals surface area contributed by atoms with Crippen molar-refractivity contribution in [2.24, 2.45) is 0 Å². The monoisotopic (exact) mass is 485 g/mol. The van der Waals surface area contributed by atoms with E-state index >= 15 is 4.39 Å². The van der Waals surface area contributed by atoms with Crippen molar-refractivity contribution in [1.82, 2.24) is 19.7 Å². The van der Waals surface area contributed by atoms with Gasteiger partial charge in [0.2, 0.25) is 10.0 Å². The lowest BCUT2D eigenvalue weighted by Crippen LogP contribution is -2.48. The van der Waals surface area contributed by atoms with Crippen molar-refractivity contribution in [3.8, 4) is 0 Å². The molecule has 2 fully saturated rings. The molecule has 1 aromatic carbocycles. The maximum Gasteiger partial charge on any atom is 0.221 e. The lowest BCUT2D eigenvalue weighted by molar-refractivity contribution is 0.284. The highest BCUT2D eigenvalue weighted by Crippen LogP contribution is 2.34. The standard InChI is InChI=1S/C25H32FN5O2S/c1-4-6-19(5-2)25-10-7-18(3)31(34(25,32)33)17-21-8-9-22(15-23(21)26)30-13-11-20(12-14-30)24-16-27-29-28-24/h4-6,8-9,15-16,18,20,25H,1-2,7,10-14,17H2,3H3,(H,27,28,29)/b19-6+/t18-,25?/m0/s1. The fraction of sp³-hybridized carbons (Fsp3) is 0.440. The average molecular weight is 486 g/mol. The molecule has 0 spiro atoms. The van der Waals surface area contributed by atoms with Crippen LogP contribution < -0.4 is 4.90 Å². The van der Waals surface area contributed by atoms with E-state index in [0.717, 1.165) is 37.3 Å². The number of nitrogens with zero attached hydrogens (tertiary/aromatic N) is 4. The number of halogens is 1. The van der Waals surface area contributed by atoms with E-state index in [-0.39, 0.29) is 18.4 Å². The predicted octanol–water partition coefficient (Wildman–Crippen LogP) is 4.31. The van der Waals surface area contributed by atoms with Crippen LogP contribution in [0.5, 0.6) is 0 Å². The predicted molar refractivity (Wildman–Crippen MR) is 132 cm³/mol. The molecule has 2 aromatic rings. The van der Waals surface area contributed by atoms with Crippen LogP contribution in [0.2, 0.25) is 0 Å². The van der Waals surface area contributed by atoms with Gasteiger partial charge in [0.25, 0.3) is 0 Å². The molecule has 0 saturated carbocycles. The van der Waals surface area contributed by atoms with Crippen molar-refractivity contribution in [3.63, 3.8) is 0 Å². The van der Waals surface area contributed by atoms with Gasteiger partial charge in [-0.2, -0.15) is 19.7 Å². The first-order valence-corrected chi connectivity index (χ1v) is 13.2. The number of nitrogens with one attached hydrogen (secondary N) is 1. The van der Waals surface area contributed by atoms with E-state index in [1.807, 2.05) is 13.0 Å². The van der Waals surface area contributed by atoms with Crippen LogP contribution in [0.15, 0.2) is 61.4 Å². The summed E-state index contributed by atoms with van der Waals surface area (Å²) in [5, 5.41) is 10.0. The number of aromatic amines is 1. The minimum Gasteiger partial charge on any atom is -0.371 e. The van der Waals surface area contributed by atoms with Gasteiger partial charge in [-0.05, 0) is 50.3 Å². The van der Waals surface area contributed by atoms with Crippen LogP contribution in [0, 0.1) is 5.82 Å². The molecule has 3 heterocycles. The van der Waals surface area contributed by atoms with Gasteiger partial charge in [0.1, 0.15) is 11.1 Å². The molecule has 2 saturated heterocycles. The SMILES string of the molecule is C=C/C=C(\C=C)C1CC[C@H](C)N(Cc2ccc(N3CCC(c4cn[nH]n4)CC3)cc2F)S1(=O)=O. The molecule has 1 unspecified atom stereocenters. The molecule has 9 heteroatoms. The summed E-state index contributed by atoms with van der Waals surface area (Å²) in [5.41, 5.74) is 2.79. The number of piperidine rings is 1. The first-order valence-electron chi connectivity index (χ1n) is 11.7. The molecule has 0 bridgehead atoms. The highest BCUT2D eigenvalue weighted by Gasteiger charge is 2.41. The third-order valence-corrected chi connectivity index (χ3v) is 9.39. The second-order valence-corrected chi connectivity index (χ2v) is 11.1. The first kappa shape index (κ1) is 24.3. The van der Waals surface area contributed by atoms with Crippen LogP contribution in [0.3, 0.4) is 0 Å². The smallest absolute Gasteiger partial charge is 0.221 e. The third-order valence-electron chi connectivity index (χ3n) is 7.02. The number of H-pyrrole nitrogens is 1. The number of aromatic nitrogens is 3. The molecule has 2 aliphatic rings. The lowest BCUT2D eigenvalue weighted by Gasteiger charge is -2.38. The zero-order chi connectivity index (χ0) is 24.3. The Morgan fingerprint density at radius 2 is 2.00 bits per heavy atom. The average Bonchev–Trinajstić information content (AvgIpc) is 3.36. The fourth-order valence-corrected chi connectivity index (χ4v) is 7.20. The van der Waals surface area contributed by atoms with Crippen LogP contribution in [0.4, 0.5) is 10.1 Å². The topological polar surface area (TPSA) is 82.2 Å². The summed E-state index contributed by atoms with van der Waals surface area (Å²) in [6.07, 6.45) is 9.64. The van der Waals surface area contributed by atoms with E-state index in [1.54, 1.807) is 30.5 Å². The summed E-state index contributed by atoms with van der Waals surface area (Å²) >= 11 is 0. The Kier molecular flexibility index (Phi) is 7.33. The second-order valence-electron chi connectivity index (χ2n) is 9.04. The largest absolute Gasteiger partial charge is 0.371 e. The molecular formula is C25H32FN5O2S. The van der Waals surface area contributed by atoms with Gasteiger partial charge in [-0.3, -0.25) is 0 Å². The molecule has 182 valence electrons. The van der Waals surface area contributed by atoms with Crippen molar-refractivity contribution >= 4 is 15.7 Å². The lowest BCUT2D eigenvalue weighted by atomic mass is 9.93. The number of rotatable bonds is 7. The number of sulfonamides is 1. The van der Waals surface area contributed by atoms with Crippen molar-refractivity contribution in [1.29, 1.82) is 0 Å². The summed E-state index contributed by atoms with van der Waals surface area (Å²) in [6, 6.07) is 4.93. The molecule has 2 atom stereocenters. The summed E-state index contributed by atoms with van der Waals surface area (Å²) in [4.78, 5) is 2.16. The van der Waals surface area contributed by atoms with Gasteiger partial charge < -0.3 is 4.90 Å². The maximum atomic E-state index is 15.2. The minimum absolute atomic E-state index is 0.0128. The summed E-state index contributed by atoms with van der Waals surface area (Å²) in [7, 11) is -3.66. The van der Waals surface area contributed by atoms with Gasteiger partial charge in [0, 0.05) is 42.8 Å². The zero-order valence-electron chi connectivity index (χ0n) is 19.5. The Balaban J connectivity index is 1.48. The first-order chi connectivity index (χ1) is 16.3. The zero-order valence-corrected chi connectivity index (χ0v) is 20.3. The molecular weight excluding hydrogens is 453 g/mol. The number of hydrogen-bond donors (Lipinski definition) is 1. The van der Waals surface area contributed by atoms with Crippen molar-refractivity contribution in [3.05, 3.63) is 78.4 Å². The highest BCUT2D eigenvalue weighted by molar-refractivity contribution is 7.90. The van der Waals surface area contributed by atoms with E-state index in [2.05, 4.69) is 33.5 Å². The summed E-state index contributed by atoms with van der Waals surface area (Å²) < 4.78 is 43.4. The number of anilines is 1. The highest BCUT2D eigenvalue weighted by atomic mass is 32.2. The normalized spacial score (nSPS) is 24.2. The molecule has 2 aliphatic heterocycles. The Morgan fingerprint density at radius 1 is 1.24 bits per heavy atom. The Bertz CT molecular complexity index is 1150. The van der Waals surface area contributed by atoms with E-state index in [9.17, 15) is 8.42 Å². The Morgan fingerprint density at radius 3 is 2.62 bits per heavy atom. The number of allylic oxidation sites excluding steroid dienone is 3. The van der Waals surface area contributed by atoms with Gasteiger partial charge in [0.15, 0.2) is 0 Å². The Hall–Kier alpha value is -2.78. The molecule has 1 N–H and O–H groups in total. The van der Waals surface area contributed by atoms with Gasteiger partial charge in [-0.25, -0.2) is 12.8 Å². The molecule has 0 aliphatic carbocycles. The second kappa shape index (κ2) is 10.2. The molecule has 0 radical (unpaired) electrons. The molecule has 0 amide bonds. The van der Waals surface area contributed by atoms with Gasteiger partial charge in [-0.1, -0.05) is 37.5 Å². The molecule has 7 nitrogen and oxygen atoms in total. The molecule has 4 rings (SSSR count). The number of hydrogen-bond acceptors (Lipinski definition) is 5. The minimum atomic E-state index is -3.66. The van der Waals surface area contributed by atoms with Crippen LogP contribution in [0.25, 0.3) is 0 Å². The molecule has 1 aromatic heterocycles. The van der Waals surface area contributed by atoms with Gasteiger partial charge in [-0.15, -0.1) is 0 Å². The van der Waals surface area contributed by atoms with Crippen molar-refractivity contribution in [2.75, 3.05) is 18.0 Å².